The summed E-state index contributed by atoms with van der Waals surface area (Å²) < 4.78 is 4.71. The number of hydrogen-bond acceptors (Lipinski definition) is 2. The number of carbonyl (C=O) groups is 1. The van der Waals surface area contributed by atoms with Crippen molar-refractivity contribution in [3.8, 4) is 0 Å². The fourth-order valence-electron chi connectivity index (χ4n) is 1.94. The highest BCUT2D eigenvalue weighted by atomic mass is 16.5. The van der Waals surface area contributed by atoms with Gasteiger partial charge in [0.15, 0.2) is 0 Å². The molecule has 0 bridgehead atoms. The number of aryl methyl sites for hydroxylation is 1. The summed E-state index contributed by atoms with van der Waals surface area (Å²) in [6, 6.07) is 8.15. The van der Waals surface area contributed by atoms with Crippen molar-refractivity contribution < 1.29 is 9.53 Å². The van der Waals surface area contributed by atoms with Crippen molar-refractivity contribution in [1.82, 2.24) is 0 Å². The van der Waals surface area contributed by atoms with E-state index in [1.54, 1.807) is 0 Å². The van der Waals surface area contributed by atoms with Crippen LogP contribution in [0.1, 0.15) is 43.7 Å². The van der Waals surface area contributed by atoms with Crippen molar-refractivity contribution in [1.29, 1.82) is 0 Å². The van der Waals surface area contributed by atoms with E-state index in [9.17, 15) is 4.79 Å². The van der Waals surface area contributed by atoms with E-state index in [1.165, 1.54) is 38.4 Å². The van der Waals surface area contributed by atoms with Crippen LogP contribution in [-0.2, 0) is 22.4 Å². The Labute approximate surface area is 104 Å². The van der Waals surface area contributed by atoms with Gasteiger partial charge in [0.05, 0.1) is 13.5 Å². The van der Waals surface area contributed by atoms with Gasteiger partial charge in [-0.1, -0.05) is 50.5 Å². The fraction of sp³-hybridized carbons (Fsp3) is 0.533. The van der Waals surface area contributed by atoms with Gasteiger partial charge >= 0.3 is 5.97 Å². The quantitative estimate of drug-likeness (QED) is 0.533. The minimum absolute atomic E-state index is 0.161. The Bertz CT molecular complexity index is 345. The maximum absolute atomic E-state index is 11.3. The molecule has 0 aromatic heterocycles. The van der Waals surface area contributed by atoms with E-state index >= 15 is 0 Å². The fourth-order valence-corrected chi connectivity index (χ4v) is 1.94. The Balaban J connectivity index is 2.54. The summed E-state index contributed by atoms with van der Waals surface area (Å²) >= 11 is 0. The Morgan fingerprint density at radius 1 is 1.12 bits per heavy atom. The number of esters is 1. The SMILES string of the molecule is CCCCCCc1ccccc1CC(=O)OC. The van der Waals surface area contributed by atoms with Gasteiger partial charge in [-0.2, -0.15) is 0 Å². The lowest BCUT2D eigenvalue weighted by atomic mass is 9.99. The summed E-state index contributed by atoms with van der Waals surface area (Å²) in [4.78, 5) is 11.3. The number of benzene rings is 1. The van der Waals surface area contributed by atoms with Crippen LogP contribution in [0.3, 0.4) is 0 Å². The molecular formula is C15H22O2. The second-order valence-electron chi connectivity index (χ2n) is 4.33. The Hall–Kier alpha value is -1.31. The molecule has 1 aromatic rings. The molecule has 1 aromatic carbocycles. The van der Waals surface area contributed by atoms with Gasteiger partial charge in [0, 0.05) is 0 Å². The van der Waals surface area contributed by atoms with Gasteiger partial charge in [0.25, 0.3) is 0 Å². The number of methoxy groups -OCH3 is 1. The summed E-state index contributed by atoms with van der Waals surface area (Å²) in [5, 5.41) is 0. The minimum atomic E-state index is -0.161. The Morgan fingerprint density at radius 2 is 1.82 bits per heavy atom. The number of hydrogen-bond donors (Lipinski definition) is 0. The molecule has 0 saturated carbocycles. The molecule has 0 atom stereocenters. The average Bonchev–Trinajstić information content (AvgIpc) is 2.36. The lowest BCUT2D eigenvalue weighted by Gasteiger charge is -2.08. The van der Waals surface area contributed by atoms with Crippen LogP contribution in [0, 0.1) is 0 Å². The molecule has 94 valence electrons. The summed E-state index contributed by atoms with van der Waals surface area (Å²) in [5.74, 6) is -0.161. The first-order valence-electron chi connectivity index (χ1n) is 6.41. The molecule has 0 aliphatic heterocycles. The molecule has 0 fully saturated rings. The van der Waals surface area contributed by atoms with Crippen molar-refractivity contribution in [2.75, 3.05) is 7.11 Å². The zero-order valence-corrected chi connectivity index (χ0v) is 10.9. The lowest BCUT2D eigenvalue weighted by molar-refractivity contribution is -0.139. The third-order valence-corrected chi connectivity index (χ3v) is 2.98. The molecule has 0 aliphatic carbocycles. The molecule has 0 amide bonds. The number of carbonyl (C=O) groups excluding carboxylic acids is 1. The summed E-state index contributed by atoms with van der Waals surface area (Å²) in [6.07, 6.45) is 6.46. The molecule has 0 heterocycles. The maximum atomic E-state index is 11.3. The van der Waals surface area contributed by atoms with Gasteiger partial charge in [-0.05, 0) is 24.0 Å². The zero-order chi connectivity index (χ0) is 12.5. The van der Waals surface area contributed by atoms with E-state index in [0.717, 1.165) is 12.0 Å². The lowest BCUT2D eigenvalue weighted by Crippen LogP contribution is -2.06. The first-order valence-corrected chi connectivity index (χ1v) is 6.41. The van der Waals surface area contributed by atoms with Crippen LogP contribution >= 0.6 is 0 Å². The summed E-state index contributed by atoms with van der Waals surface area (Å²) in [5.41, 5.74) is 2.39. The smallest absolute Gasteiger partial charge is 0.309 e. The maximum Gasteiger partial charge on any atom is 0.309 e. The number of unbranched alkanes of at least 4 members (excludes halogenated alkanes) is 3. The van der Waals surface area contributed by atoms with Crippen LogP contribution < -0.4 is 0 Å². The normalized spacial score (nSPS) is 10.2. The molecule has 0 radical (unpaired) electrons. The third-order valence-electron chi connectivity index (χ3n) is 2.98. The van der Waals surface area contributed by atoms with E-state index in [-0.39, 0.29) is 5.97 Å². The molecule has 0 aliphatic rings. The van der Waals surface area contributed by atoms with E-state index in [4.69, 9.17) is 4.74 Å². The molecular weight excluding hydrogens is 212 g/mol. The predicted molar refractivity (Wildman–Crippen MR) is 70.0 cm³/mol. The van der Waals surface area contributed by atoms with Crippen LogP contribution in [-0.4, -0.2) is 13.1 Å². The summed E-state index contributed by atoms with van der Waals surface area (Å²) in [6.45, 7) is 2.21. The Morgan fingerprint density at radius 3 is 2.47 bits per heavy atom. The van der Waals surface area contributed by atoms with Gasteiger partial charge in [-0.3, -0.25) is 4.79 Å². The second kappa shape index (κ2) is 7.88. The Kier molecular flexibility index (Phi) is 6.38. The first kappa shape index (κ1) is 13.8. The van der Waals surface area contributed by atoms with Crippen LogP contribution in [0.25, 0.3) is 0 Å². The van der Waals surface area contributed by atoms with E-state index in [0.29, 0.717) is 6.42 Å². The monoisotopic (exact) mass is 234 g/mol. The highest BCUT2D eigenvalue weighted by Crippen LogP contribution is 2.14. The van der Waals surface area contributed by atoms with E-state index in [2.05, 4.69) is 13.0 Å². The third kappa shape index (κ3) is 5.03. The van der Waals surface area contributed by atoms with Crippen LogP contribution in [0.5, 0.6) is 0 Å². The van der Waals surface area contributed by atoms with E-state index < -0.39 is 0 Å². The standard InChI is InChI=1S/C15H22O2/c1-3-4-5-6-9-13-10-7-8-11-14(13)12-15(16)17-2/h7-8,10-11H,3-6,9,12H2,1-2H3. The van der Waals surface area contributed by atoms with Crippen LogP contribution in [0.15, 0.2) is 24.3 Å². The van der Waals surface area contributed by atoms with Crippen molar-refractivity contribution in [2.24, 2.45) is 0 Å². The molecule has 17 heavy (non-hydrogen) atoms. The molecule has 0 N–H and O–H groups in total. The van der Waals surface area contributed by atoms with Gasteiger partial charge in [-0.25, -0.2) is 0 Å². The van der Waals surface area contributed by atoms with Crippen molar-refractivity contribution in [3.63, 3.8) is 0 Å². The van der Waals surface area contributed by atoms with Crippen molar-refractivity contribution in [3.05, 3.63) is 35.4 Å². The predicted octanol–water partition coefficient (Wildman–Crippen LogP) is 3.52. The molecule has 2 heteroatoms. The minimum Gasteiger partial charge on any atom is -0.469 e. The number of ether oxygens (including phenoxy) is 1. The zero-order valence-electron chi connectivity index (χ0n) is 10.9. The molecule has 0 saturated heterocycles. The van der Waals surface area contributed by atoms with Gasteiger partial charge in [0.2, 0.25) is 0 Å². The molecule has 1 rings (SSSR count). The van der Waals surface area contributed by atoms with Crippen molar-refractivity contribution >= 4 is 5.97 Å². The van der Waals surface area contributed by atoms with Gasteiger partial charge in [0.1, 0.15) is 0 Å². The highest BCUT2D eigenvalue weighted by molar-refractivity contribution is 5.72. The average molecular weight is 234 g/mol. The molecule has 2 nitrogen and oxygen atoms in total. The topological polar surface area (TPSA) is 26.3 Å². The van der Waals surface area contributed by atoms with Crippen molar-refractivity contribution in [2.45, 2.75) is 45.4 Å². The largest absolute Gasteiger partial charge is 0.469 e. The second-order valence-corrected chi connectivity index (χ2v) is 4.33. The number of rotatable bonds is 7. The van der Waals surface area contributed by atoms with Crippen LogP contribution in [0.2, 0.25) is 0 Å². The summed E-state index contributed by atoms with van der Waals surface area (Å²) in [7, 11) is 1.44. The molecule has 0 spiro atoms. The molecule has 0 unspecified atom stereocenters. The first-order chi connectivity index (χ1) is 8.27. The van der Waals surface area contributed by atoms with Gasteiger partial charge < -0.3 is 4.74 Å². The van der Waals surface area contributed by atoms with Gasteiger partial charge in [-0.15, -0.1) is 0 Å². The van der Waals surface area contributed by atoms with Crippen LogP contribution in [0.4, 0.5) is 0 Å². The van der Waals surface area contributed by atoms with E-state index in [1.807, 2.05) is 18.2 Å². The highest BCUT2D eigenvalue weighted by Gasteiger charge is 2.07.